The third kappa shape index (κ3) is 4.76. The molecule has 0 spiro atoms. The third-order valence-corrected chi connectivity index (χ3v) is 4.43. The van der Waals surface area contributed by atoms with Crippen molar-refractivity contribution in [3.63, 3.8) is 0 Å². The number of nitriles is 2. The maximum Gasteiger partial charge on any atom is 0.307 e. The van der Waals surface area contributed by atoms with E-state index >= 15 is 0 Å². The van der Waals surface area contributed by atoms with E-state index in [0.29, 0.717) is 36.4 Å². The highest BCUT2D eigenvalue weighted by Gasteiger charge is 2.33. The molecule has 0 radical (unpaired) electrons. The summed E-state index contributed by atoms with van der Waals surface area (Å²) in [5, 5.41) is 30.2. The van der Waals surface area contributed by atoms with Crippen molar-refractivity contribution in [1.29, 1.82) is 10.5 Å². The summed E-state index contributed by atoms with van der Waals surface area (Å²) in [7, 11) is 0. The minimum Gasteiger partial charge on any atom is -0.432 e. The smallest absolute Gasteiger partial charge is 0.307 e. The van der Waals surface area contributed by atoms with Gasteiger partial charge in [-0.15, -0.1) is 0 Å². The molecular weight excluding hydrogens is 372 g/mol. The Labute approximate surface area is 167 Å². The number of carbonyl (C=O) groups is 1. The fourth-order valence-electron chi connectivity index (χ4n) is 3.09. The molecule has 1 aliphatic heterocycles. The topological polar surface area (TPSA) is 156 Å². The second-order valence-electron chi connectivity index (χ2n) is 6.37. The van der Waals surface area contributed by atoms with E-state index in [2.05, 4.69) is 33.1 Å². The Balaban J connectivity index is 1.61. The van der Waals surface area contributed by atoms with Crippen molar-refractivity contribution >= 4 is 18.3 Å². The number of carbonyl (C=O) groups excluding carboxylic acids is 1. The highest BCUT2D eigenvalue weighted by Crippen LogP contribution is 2.22. The Kier molecular flexibility index (Phi) is 6.18. The van der Waals surface area contributed by atoms with Crippen LogP contribution in [-0.4, -0.2) is 53.4 Å². The average molecular weight is 391 g/mol. The summed E-state index contributed by atoms with van der Waals surface area (Å²) in [5.74, 6) is -0.135. The molecule has 1 fully saturated rings. The summed E-state index contributed by atoms with van der Waals surface area (Å²) in [4.78, 5) is 18.1. The van der Waals surface area contributed by atoms with Gasteiger partial charge in [-0.05, 0) is 18.6 Å². The van der Waals surface area contributed by atoms with Crippen LogP contribution in [0.1, 0.15) is 22.7 Å². The van der Waals surface area contributed by atoms with Gasteiger partial charge < -0.3 is 20.1 Å². The largest absolute Gasteiger partial charge is 0.432 e. The Bertz CT molecular complexity index is 1000. The van der Waals surface area contributed by atoms with Crippen molar-refractivity contribution in [3.8, 4) is 23.6 Å². The number of benzene rings is 1. The van der Waals surface area contributed by atoms with Crippen LogP contribution in [0.3, 0.4) is 0 Å². The number of hydrogen-bond donors (Lipinski definition) is 3. The van der Waals surface area contributed by atoms with Gasteiger partial charge in [0.1, 0.15) is 6.21 Å². The highest BCUT2D eigenvalue weighted by molar-refractivity contribution is 6.12. The average Bonchev–Trinajstić information content (AvgIpc) is 3.38. The van der Waals surface area contributed by atoms with Gasteiger partial charge in [0.05, 0.1) is 30.4 Å². The Morgan fingerprint density at radius 1 is 1.48 bits per heavy atom. The first kappa shape index (κ1) is 19.6. The van der Waals surface area contributed by atoms with E-state index in [1.54, 1.807) is 29.2 Å². The van der Waals surface area contributed by atoms with Gasteiger partial charge in [0, 0.05) is 18.2 Å². The van der Waals surface area contributed by atoms with Crippen molar-refractivity contribution in [3.05, 3.63) is 41.9 Å². The molecule has 4 N–H and O–H groups in total. The summed E-state index contributed by atoms with van der Waals surface area (Å²) in [6, 6.07) is 8.57. The van der Waals surface area contributed by atoms with Crippen LogP contribution >= 0.6 is 0 Å². The Hall–Kier alpha value is -4.18. The first-order valence-electron chi connectivity index (χ1n) is 8.87. The minimum absolute atomic E-state index is 0.0736. The number of rotatable bonds is 7. The lowest BCUT2D eigenvalue weighted by Crippen LogP contribution is -2.36. The fraction of sp³-hybridized carbons (Fsp3) is 0.263. The molecule has 10 nitrogen and oxygen atoms in total. The molecule has 1 aromatic carbocycles. The van der Waals surface area contributed by atoms with E-state index in [9.17, 15) is 10.1 Å². The lowest BCUT2D eigenvalue weighted by molar-refractivity contribution is -0.102. The first-order valence-corrected chi connectivity index (χ1v) is 8.87. The van der Waals surface area contributed by atoms with Gasteiger partial charge in [-0.2, -0.15) is 15.6 Å². The standard InChI is InChI=1S/C19H18N8O2/c20-4-5-24-25-9-16-7-15(11-27(16)12-22)26-18(28)19-23-10-17(29-19)14-3-1-2-13(6-14)8-21/h1-6,10,15-16,20,25H,7,9,11H2,(H,26,28)/p+1/b20-4?,24-5-/t15-,16+/m1/s1. The van der Waals surface area contributed by atoms with Crippen LogP contribution in [0.25, 0.3) is 11.3 Å². The molecule has 29 heavy (non-hydrogen) atoms. The normalized spacial score (nSPS) is 18.2. The van der Waals surface area contributed by atoms with Gasteiger partial charge in [0.2, 0.25) is 0 Å². The van der Waals surface area contributed by atoms with Crippen LogP contribution in [0, 0.1) is 22.8 Å². The van der Waals surface area contributed by atoms with Gasteiger partial charge in [0.15, 0.2) is 18.2 Å². The lowest BCUT2D eigenvalue weighted by Gasteiger charge is -2.16. The number of oxazole rings is 1. The van der Waals surface area contributed by atoms with E-state index in [1.807, 2.05) is 0 Å². The first-order chi connectivity index (χ1) is 14.1. The molecule has 0 aliphatic carbocycles. The van der Waals surface area contributed by atoms with Gasteiger partial charge >= 0.3 is 5.91 Å². The maximum absolute atomic E-state index is 12.5. The molecule has 2 atom stereocenters. The van der Waals surface area contributed by atoms with Crippen LogP contribution in [-0.2, 0) is 0 Å². The van der Waals surface area contributed by atoms with Crippen molar-refractivity contribution < 1.29 is 14.6 Å². The number of hydrazone groups is 1. The predicted molar refractivity (Wildman–Crippen MR) is 103 cm³/mol. The monoisotopic (exact) mass is 391 g/mol. The molecule has 10 heteroatoms. The van der Waals surface area contributed by atoms with E-state index in [4.69, 9.17) is 15.1 Å². The van der Waals surface area contributed by atoms with Crippen LogP contribution < -0.4 is 16.2 Å². The van der Waals surface area contributed by atoms with Crippen LogP contribution in [0.5, 0.6) is 0 Å². The molecule has 1 aromatic heterocycles. The molecule has 146 valence electrons. The highest BCUT2D eigenvalue weighted by atomic mass is 16.4. The molecule has 1 saturated heterocycles. The zero-order chi connectivity index (χ0) is 20.6. The number of nitrogens with two attached hydrogens (primary N) is 1. The molecular formula is C19H19N8O2+. The molecule has 0 saturated carbocycles. The van der Waals surface area contributed by atoms with Gasteiger partial charge in [-0.3, -0.25) is 10.2 Å². The molecule has 1 aliphatic rings. The number of nitrogens with zero attached hydrogens (tertiary/aromatic N) is 5. The maximum atomic E-state index is 12.5. The van der Waals surface area contributed by atoms with Crippen LogP contribution in [0.2, 0.25) is 0 Å². The van der Waals surface area contributed by atoms with E-state index < -0.39 is 5.91 Å². The second kappa shape index (κ2) is 9.15. The van der Waals surface area contributed by atoms with Crippen molar-refractivity contribution in [1.82, 2.24) is 20.6 Å². The molecule has 2 aromatic rings. The van der Waals surface area contributed by atoms with Gasteiger partial charge in [0.25, 0.3) is 5.89 Å². The molecule has 3 rings (SSSR count). The summed E-state index contributed by atoms with van der Waals surface area (Å²) in [6.07, 6.45) is 6.86. The van der Waals surface area contributed by atoms with E-state index in [-0.39, 0.29) is 18.0 Å². The quantitative estimate of drug-likeness (QED) is 0.319. The van der Waals surface area contributed by atoms with Crippen molar-refractivity contribution in [2.75, 3.05) is 13.1 Å². The zero-order valence-corrected chi connectivity index (χ0v) is 15.4. The second-order valence-corrected chi connectivity index (χ2v) is 6.37. The minimum atomic E-state index is -0.458. The van der Waals surface area contributed by atoms with E-state index in [0.717, 1.165) is 0 Å². The zero-order valence-electron chi connectivity index (χ0n) is 15.4. The van der Waals surface area contributed by atoms with Crippen molar-refractivity contribution in [2.24, 2.45) is 5.10 Å². The van der Waals surface area contributed by atoms with Gasteiger partial charge in [-0.25, -0.2) is 4.98 Å². The van der Waals surface area contributed by atoms with Gasteiger partial charge in [-0.1, -0.05) is 12.1 Å². The van der Waals surface area contributed by atoms with E-state index in [1.165, 1.54) is 18.6 Å². The molecule has 1 amide bonds. The molecule has 2 heterocycles. The summed E-state index contributed by atoms with van der Waals surface area (Å²) < 4.78 is 5.56. The summed E-state index contributed by atoms with van der Waals surface area (Å²) in [5.41, 5.74) is 3.98. The number of aromatic nitrogens is 1. The molecule has 0 bridgehead atoms. The van der Waals surface area contributed by atoms with Crippen LogP contribution in [0.15, 0.2) is 40.0 Å². The third-order valence-electron chi connectivity index (χ3n) is 4.43. The SMILES string of the molecule is N#Cc1cccc(-c2cnc(C(=O)N[C@@H]3C[C@@H](CN/N=C\C=[NH2+])N(C#N)C3)o2)c1. The Morgan fingerprint density at radius 2 is 2.34 bits per heavy atom. The number of hydrogen-bond acceptors (Lipinski definition) is 8. The molecule has 0 unspecified atom stereocenters. The lowest BCUT2D eigenvalue weighted by atomic mass is 10.1. The van der Waals surface area contributed by atoms with Crippen LogP contribution in [0.4, 0.5) is 0 Å². The van der Waals surface area contributed by atoms with Crippen molar-refractivity contribution in [2.45, 2.75) is 18.5 Å². The Morgan fingerprint density at radius 3 is 3.10 bits per heavy atom. The predicted octanol–water partition coefficient (Wildman–Crippen LogP) is -0.728. The number of likely N-dealkylation sites (tertiary alicyclic amines) is 1. The number of amides is 1. The summed E-state index contributed by atoms with van der Waals surface area (Å²) >= 11 is 0. The summed E-state index contributed by atoms with van der Waals surface area (Å²) in [6.45, 7) is 0.835. The fourth-order valence-corrected chi connectivity index (χ4v) is 3.09. The number of nitrogens with one attached hydrogen (secondary N) is 2.